The molecule has 0 spiro atoms. The number of aromatic amines is 1. The number of quaternary nitrogens is 1. The maximum atomic E-state index is 10.7. The second-order valence-electron chi connectivity index (χ2n) is 3.65. The quantitative estimate of drug-likeness (QED) is 0.613. The van der Waals surface area contributed by atoms with Crippen molar-refractivity contribution in [2.45, 2.75) is 0 Å². The Morgan fingerprint density at radius 2 is 2.08 bits per heavy atom. The molecule has 0 bridgehead atoms. The van der Waals surface area contributed by atoms with Crippen LogP contribution >= 0.6 is 0 Å². The van der Waals surface area contributed by atoms with E-state index in [9.17, 15) is 4.79 Å². The molecule has 0 aromatic carbocycles. The number of amides is 1. The molecule has 12 heavy (non-hydrogen) atoms. The standard InChI is InChI=1S/C8H13N3O/c1-11(2,3)6-4-7(8(9)12)10-5-6/h4-5H,1-3H3,(H2-,9,10,12)/p+1. The summed E-state index contributed by atoms with van der Waals surface area (Å²) in [5.41, 5.74) is 6.58. The van der Waals surface area contributed by atoms with Crippen molar-refractivity contribution >= 4 is 11.6 Å². The van der Waals surface area contributed by atoms with E-state index < -0.39 is 5.91 Å². The fourth-order valence-electron chi connectivity index (χ4n) is 0.912. The Morgan fingerprint density at radius 3 is 2.33 bits per heavy atom. The molecule has 4 nitrogen and oxygen atoms in total. The van der Waals surface area contributed by atoms with E-state index in [4.69, 9.17) is 5.73 Å². The third kappa shape index (κ3) is 1.65. The van der Waals surface area contributed by atoms with Crippen LogP contribution in [0.3, 0.4) is 0 Å². The molecule has 0 saturated carbocycles. The van der Waals surface area contributed by atoms with Crippen LogP contribution in [0.25, 0.3) is 0 Å². The molecule has 0 aliphatic carbocycles. The Hall–Kier alpha value is -1.29. The number of carbonyl (C=O) groups excluding carboxylic acids is 1. The van der Waals surface area contributed by atoms with E-state index >= 15 is 0 Å². The minimum atomic E-state index is -0.422. The molecule has 0 fully saturated rings. The van der Waals surface area contributed by atoms with Crippen molar-refractivity contribution in [2.24, 2.45) is 5.73 Å². The second kappa shape index (κ2) is 2.64. The third-order valence-corrected chi connectivity index (χ3v) is 1.71. The van der Waals surface area contributed by atoms with Crippen molar-refractivity contribution < 1.29 is 4.79 Å². The third-order valence-electron chi connectivity index (χ3n) is 1.71. The van der Waals surface area contributed by atoms with E-state index in [0.717, 1.165) is 5.69 Å². The Labute approximate surface area is 71.6 Å². The molecule has 1 heterocycles. The number of H-pyrrole nitrogens is 1. The van der Waals surface area contributed by atoms with Crippen LogP contribution < -0.4 is 10.2 Å². The van der Waals surface area contributed by atoms with Crippen molar-refractivity contribution in [2.75, 3.05) is 21.1 Å². The molecule has 0 aliphatic heterocycles. The second-order valence-corrected chi connectivity index (χ2v) is 3.65. The summed E-state index contributed by atoms with van der Waals surface area (Å²) >= 11 is 0. The largest absolute Gasteiger partial charge is 0.364 e. The predicted octanol–water partition coefficient (Wildman–Crippen LogP) is 0.310. The lowest BCUT2D eigenvalue weighted by Crippen LogP contribution is -2.34. The summed E-state index contributed by atoms with van der Waals surface area (Å²) in [4.78, 5) is 13.5. The van der Waals surface area contributed by atoms with E-state index in [1.54, 1.807) is 12.3 Å². The first-order valence-electron chi connectivity index (χ1n) is 3.71. The minimum absolute atomic E-state index is 0.422. The van der Waals surface area contributed by atoms with Crippen LogP contribution in [0.1, 0.15) is 10.5 Å². The fourth-order valence-corrected chi connectivity index (χ4v) is 0.912. The van der Waals surface area contributed by atoms with Crippen LogP contribution in [0.2, 0.25) is 0 Å². The van der Waals surface area contributed by atoms with Gasteiger partial charge in [0.05, 0.1) is 27.3 Å². The molecule has 66 valence electrons. The fraction of sp³-hybridized carbons (Fsp3) is 0.375. The van der Waals surface area contributed by atoms with Gasteiger partial charge in [-0.1, -0.05) is 0 Å². The van der Waals surface area contributed by atoms with Crippen molar-refractivity contribution in [1.82, 2.24) is 9.47 Å². The Balaban J connectivity index is 3.00. The van der Waals surface area contributed by atoms with E-state index in [2.05, 4.69) is 4.98 Å². The van der Waals surface area contributed by atoms with Gasteiger partial charge in [-0.05, 0) is 0 Å². The molecule has 0 radical (unpaired) electrons. The highest BCUT2D eigenvalue weighted by Crippen LogP contribution is 2.16. The average Bonchev–Trinajstić information content (AvgIpc) is 2.30. The number of nitrogens with two attached hydrogens (primary N) is 1. The highest BCUT2D eigenvalue weighted by Gasteiger charge is 2.15. The summed E-state index contributed by atoms with van der Waals surface area (Å²) in [5.74, 6) is -0.422. The van der Waals surface area contributed by atoms with Gasteiger partial charge in [-0.15, -0.1) is 0 Å². The molecule has 0 saturated heterocycles. The molecule has 1 amide bonds. The summed E-state index contributed by atoms with van der Waals surface area (Å²) in [6, 6.07) is 1.77. The van der Waals surface area contributed by atoms with Crippen LogP contribution in [-0.2, 0) is 0 Å². The lowest BCUT2D eigenvalue weighted by atomic mass is 10.3. The summed E-state index contributed by atoms with van der Waals surface area (Å²) in [7, 11) is 6.07. The van der Waals surface area contributed by atoms with E-state index in [-0.39, 0.29) is 0 Å². The van der Waals surface area contributed by atoms with Gasteiger partial charge in [-0.2, -0.15) is 0 Å². The lowest BCUT2D eigenvalue weighted by Gasteiger charge is -2.20. The highest BCUT2D eigenvalue weighted by molar-refractivity contribution is 5.91. The summed E-state index contributed by atoms with van der Waals surface area (Å²) in [5, 5.41) is 0. The smallest absolute Gasteiger partial charge is 0.265 e. The molecular formula is C8H14N3O+. The SMILES string of the molecule is C[N+](C)(C)c1c[nH]c(C(N)=O)c1. The normalized spacial score (nSPS) is 11.6. The number of hydrogen-bond donors (Lipinski definition) is 2. The number of primary amides is 1. The van der Waals surface area contributed by atoms with Gasteiger partial charge in [0.1, 0.15) is 5.69 Å². The van der Waals surface area contributed by atoms with Crippen molar-refractivity contribution in [3.63, 3.8) is 0 Å². The molecule has 0 unspecified atom stereocenters. The monoisotopic (exact) mass is 168 g/mol. The molecule has 0 atom stereocenters. The zero-order chi connectivity index (χ0) is 9.35. The van der Waals surface area contributed by atoms with Gasteiger partial charge in [0.2, 0.25) is 0 Å². The number of carbonyl (C=O) groups is 1. The van der Waals surface area contributed by atoms with Crippen molar-refractivity contribution in [1.29, 1.82) is 0 Å². The first kappa shape index (κ1) is 8.80. The molecule has 1 aromatic heterocycles. The summed E-state index contributed by atoms with van der Waals surface area (Å²) < 4.78 is 0.670. The number of aromatic nitrogens is 1. The average molecular weight is 168 g/mol. The molecule has 0 aliphatic rings. The zero-order valence-corrected chi connectivity index (χ0v) is 7.59. The van der Waals surface area contributed by atoms with Gasteiger partial charge in [-0.3, -0.25) is 9.28 Å². The van der Waals surface area contributed by atoms with Gasteiger partial charge < -0.3 is 10.7 Å². The van der Waals surface area contributed by atoms with Crippen LogP contribution in [0.15, 0.2) is 12.3 Å². The molecular weight excluding hydrogens is 154 g/mol. The molecule has 1 rings (SSSR count). The first-order chi connectivity index (χ1) is 5.41. The Morgan fingerprint density at radius 1 is 1.50 bits per heavy atom. The lowest BCUT2D eigenvalue weighted by molar-refractivity contribution is 0.0996. The van der Waals surface area contributed by atoms with Gasteiger partial charge >= 0.3 is 0 Å². The van der Waals surface area contributed by atoms with Gasteiger partial charge in [0.15, 0.2) is 5.69 Å². The van der Waals surface area contributed by atoms with Gasteiger partial charge in [-0.25, -0.2) is 0 Å². The topological polar surface area (TPSA) is 58.9 Å². The van der Waals surface area contributed by atoms with Crippen molar-refractivity contribution in [3.05, 3.63) is 18.0 Å². The summed E-state index contributed by atoms with van der Waals surface area (Å²) in [6.07, 6.45) is 1.79. The Bertz CT molecular complexity index is 295. The van der Waals surface area contributed by atoms with Gasteiger partial charge in [0, 0.05) is 6.07 Å². The molecule has 3 N–H and O–H groups in total. The number of nitrogens with one attached hydrogen (secondary N) is 1. The number of nitrogens with zero attached hydrogens (tertiary/aromatic N) is 1. The van der Waals surface area contributed by atoms with Crippen LogP contribution in [0, 0.1) is 0 Å². The number of rotatable bonds is 2. The summed E-state index contributed by atoms with van der Waals surface area (Å²) in [6.45, 7) is 0. The maximum Gasteiger partial charge on any atom is 0.265 e. The first-order valence-corrected chi connectivity index (χ1v) is 3.71. The van der Waals surface area contributed by atoms with Crippen molar-refractivity contribution in [3.8, 4) is 0 Å². The highest BCUT2D eigenvalue weighted by atomic mass is 16.1. The minimum Gasteiger partial charge on any atom is -0.364 e. The van der Waals surface area contributed by atoms with E-state index in [1.165, 1.54) is 0 Å². The van der Waals surface area contributed by atoms with Crippen LogP contribution in [0.4, 0.5) is 5.69 Å². The van der Waals surface area contributed by atoms with Crippen LogP contribution in [0.5, 0.6) is 0 Å². The predicted molar refractivity (Wildman–Crippen MR) is 48.9 cm³/mol. The van der Waals surface area contributed by atoms with E-state index in [0.29, 0.717) is 10.2 Å². The molecule has 1 aromatic rings. The van der Waals surface area contributed by atoms with Crippen LogP contribution in [-0.4, -0.2) is 32.0 Å². The van der Waals surface area contributed by atoms with E-state index in [1.807, 2.05) is 21.1 Å². The number of hydrogen-bond acceptors (Lipinski definition) is 1. The maximum absolute atomic E-state index is 10.7. The molecule has 4 heteroatoms. The van der Waals surface area contributed by atoms with Gasteiger partial charge in [0.25, 0.3) is 5.91 Å². The zero-order valence-electron chi connectivity index (χ0n) is 7.59. The Kier molecular flexibility index (Phi) is 1.94.